The Kier molecular flexibility index (Phi) is 5.20. The van der Waals surface area contributed by atoms with E-state index in [0.717, 1.165) is 0 Å². The molecular weight excluding hydrogens is 303 g/mol. The molecule has 2 N–H and O–H groups in total. The van der Waals surface area contributed by atoms with Gasteiger partial charge in [0.2, 0.25) is 0 Å². The number of aromatic carboxylic acids is 1. The number of para-hydroxylation sites is 1. The predicted molar refractivity (Wildman–Crippen MR) is 63.0 cm³/mol. The number of carbonyl (C=O) groups is 2. The van der Waals surface area contributed by atoms with Gasteiger partial charge in [-0.1, -0.05) is 17.7 Å². The number of rotatable bonds is 5. The molecule has 0 radical (unpaired) electrons. The summed E-state index contributed by atoms with van der Waals surface area (Å²) >= 11 is 5.71. The Hall–Kier alpha value is -1.96. The van der Waals surface area contributed by atoms with E-state index in [9.17, 15) is 22.8 Å². The van der Waals surface area contributed by atoms with Crippen molar-refractivity contribution in [2.24, 2.45) is 0 Å². The first kappa shape index (κ1) is 16.1. The number of carboxylic acids is 1. The van der Waals surface area contributed by atoms with Crippen molar-refractivity contribution in [3.63, 3.8) is 0 Å². The summed E-state index contributed by atoms with van der Waals surface area (Å²) < 4.78 is 40.4. The Balaban J connectivity index is 2.66. The van der Waals surface area contributed by atoms with E-state index in [1.54, 1.807) is 5.32 Å². The van der Waals surface area contributed by atoms with Crippen LogP contribution in [0.4, 0.5) is 13.2 Å². The first-order chi connectivity index (χ1) is 9.20. The largest absolute Gasteiger partial charge is 0.481 e. The molecule has 0 aromatic heterocycles. The molecule has 9 heteroatoms. The lowest BCUT2D eigenvalue weighted by Crippen LogP contribution is -2.36. The second-order valence-corrected chi connectivity index (χ2v) is 4.01. The van der Waals surface area contributed by atoms with Gasteiger partial charge < -0.3 is 15.2 Å². The van der Waals surface area contributed by atoms with Gasteiger partial charge in [-0.15, -0.1) is 0 Å². The fraction of sp³-hybridized carbons (Fsp3) is 0.273. The van der Waals surface area contributed by atoms with Gasteiger partial charge in [-0.2, -0.15) is 13.2 Å². The van der Waals surface area contributed by atoms with Crippen molar-refractivity contribution in [3.05, 3.63) is 28.8 Å². The third-order valence-electron chi connectivity index (χ3n) is 2.03. The summed E-state index contributed by atoms with van der Waals surface area (Å²) in [7, 11) is 0. The fourth-order valence-electron chi connectivity index (χ4n) is 1.21. The van der Waals surface area contributed by atoms with Gasteiger partial charge in [0, 0.05) is 0 Å². The first-order valence-electron chi connectivity index (χ1n) is 5.19. The highest BCUT2D eigenvalue weighted by molar-refractivity contribution is 6.32. The molecule has 0 unspecified atom stereocenters. The van der Waals surface area contributed by atoms with Crippen LogP contribution in [0.15, 0.2) is 18.2 Å². The molecule has 0 bridgehead atoms. The van der Waals surface area contributed by atoms with Crippen LogP contribution in [0.3, 0.4) is 0 Å². The summed E-state index contributed by atoms with van der Waals surface area (Å²) in [4.78, 5) is 22.0. The maximum absolute atomic E-state index is 11.9. The van der Waals surface area contributed by atoms with E-state index in [2.05, 4.69) is 0 Å². The zero-order valence-corrected chi connectivity index (χ0v) is 10.6. The van der Waals surface area contributed by atoms with Crippen LogP contribution in [-0.4, -0.2) is 36.3 Å². The van der Waals surface area contributed by atoms with Crippen molar-refractivity contribution >= 4 is 23.5 Å². The summed E-state index contributed by atoms with van der Waals surface area (Å²) in [5, 5.41) is 10.4. The van der Waals surface area contributed by atoms with Crippen LogP contribution in [0.1, 0.15) is 10.4 Å². The summed E-state index contributed by atoms with van der Waals surface area (Å²) in [6.07, 6.45) is -4.54. The quantitative estimate of drug-likeness (QED) is 0.873. The van der Waals surface area contributed by atoms with E-state index in [1.807, 2.05) is 0 Å². The van der Waals surface area contributed by atoms with Gasteiger partial charge in [-0.25, -0.2) is 4.79 Å². The Bertz CT molecular complexity index is 519. The highest BCUT2D eigenvalue weighted by atomic mass is 35.5. The Labute approximate surface area is 116 Å². The number of hydrogen-bond donors (Lipinski definition) is 2. The van der Waals surface area contributed by atoms with E-state index in [4.69, 9.17) is 21.4 Å². The van der Waals surface area contributed by atoms with E-state index >= 15 is 0 Å². The topological polar surface area (TPSA) is 75.6 Å². The van der Waals surface area contributed by atoms with Crippen LogP contribution >= 0.6 is 11.6 Å². The molecule has 1 aromatic rings. The second-order valence-electron chi connectivity index (χ2n) is 3.60. The summed E-state index contributed by atoms with van der Waals surface area (Å²) in [5.74, 6) is -2.65. The number of hydrogen-bond acceptors (Lipinski definition) is 3. The molecule has 1 amide bonds. The smallest absolute Gasteiger partial charge is 0.405 e. The standard InChI is InChI=1S/C11H9ClF3NO4/c12-7-3-1-2-6(10(18)19)9(7)20-4-8(17)16-5-11(13,14)15/h1-3H,4-5H2,(H,16,17)(H,18,19). The second kappa shape index (κ2) is 6.47. The number of carboxylic acid groups (broad SMARTS) is 1. The van der Waals surface area contributed by atoms with Crippen LogP contribution in [-0.2, 0) is 4.79 Å². The van der Waals surface area contributed by atoms with Crippen LogP contribution in [0.25, 0.3) is 0 Å². The van der Waals surface area contributed by atoms with Crippen LogP contribution < -0.4 is 10.1 Å². The molecule has 0 atom stereocenters. The molecule has 0 aliphatic carbocycles. The Morgan fingerprint density at radius 2 is 2.00 bits per heavy atom. The molecule has 1 rings (SSSR count). The molecule has 0 spiro atoms. The van der Waals surface area contributed by atoms with Crippen molar-refractivity contribution in [2.75, 3.05) is 13.2 Å². The Morgan fingerprint density at radius 1 is 1.35 bits per heavy atom. The molecule has 5 nitrogen and oxygen atoms in total. The zero-order valence-electron chi connectivity index (χ0n) is 9.83. The van der Waals surface area contributed by atoms with Gasteiger partial charge in [0.05, 0.1) is 5.02 Å². The number of nitrogens with one attached hydrogen (secondary N) is 1. The normalized spacial score (nSPS) is 11.0. The highest BCUT2D eigenvalue weighted by Crippen LogP contribution is 2.28. The van der Waals surface area contributed by atoms with E-state index in [-0.39, 0.29) is 16.3 Å². The lowest BCUT2D eigenvalue weighted by molar-refractivity contribution is -0.139. The minimum atomic E-state index is -4.54. The maximum Gasteiger partial charge on any atom is 0.405 e. The average Bonchev–Trinajstić information content (AvgIpc) is 2.33. The molecule has 0 aliphatic heterocycles. The molecule has 0 heterocycles. The number of benzene rings is 1. The molecule has 20 heavy (non-hydrogen) atoms. The van der Waals surface area contributed by atoms with Crippen LogP contribution in [0.2, 0.25) is 5.02 Å². The predicted octanol–water partition coefficient (Wildman–Crippen LogP) is 2.10. The van der Waals surface area contributed by atoms with E-state index in [1.165, 1.54) is 18.2 Å². The average molecular weight is 312 g/mol. The van der Waals surface area contributed by atoms with Crippen LogP contribution in [0, 0.1) is 0 Å². The molecule has 0 saturated carbocycles. The van der Waals surface area contributed by atoms with Gasteiger partial charge in [-0.3, -0.25) is 4.79 Å². The summed E-state index contributed by atoms with van der Waals surface area (Å²) in [6.45, 7) is -2.27. The lowest BCUT2D eigenvalue weighted by atomic mass is 10.2. The third-order valence-corrected chi connectivity index (χ3v) is 2.33. The van der Waals surface area contributed by atoms with Gasteiger partial charge in [-0.05, 0) is 12.1 Å². The first-order valence-corrected chi connectivity index (χ1v) is 5.56. The number of amides is 1. The van der Waals surface area contributed by atoms with Gasteiger partial charge in [0.1, 0.15) is 12.1 Å². The summed E-state index contributed by atoms with van der Waals surface area (Å²) in [5.41, 5.74) is -0.291. The number of carbonyl (C=O) groups excluding carboxylic acids is 1. The number of ether oxygens (including phenoxy) is 1. The third kappa shape index (κ3) is 4.96. The number of alkyl halides is 3. The van der Waals surface area contributed by atoms with Crippen molar-refractivity contribution in [1.82, 2.24) is 5.32 Å². The molecule has 0 fully saturated rings. The van der Waals surface area contributed by atoms with Crippen molar-refractivity contribution in [1.29, 1.82) is 0 Å². The minimum Gasteiger partial charge on any atom is -0.481 e. The van der Waals surface area contributed by atoms with Crippen molar-refractivity contribution in [2.45, 2.75) is 6.18 Å². The van der Waals surface area contributed by atoms with E-state index < -0.39 is 31.2 Å². The van der Waals surface area contributed by atoms with Crippen molar-refractivity contribution < 1.29 is 32.6 Å². The minimum absolute atomic E-state index is 0.0616. The van der Waals surface area contributed by atoms with Gasteiger partial charge in [0.25, 0.3) is 5.91 Å². The highest BCUT2D eigenvalue weighted by Gasteiger charge is 2.27. The summed E-state index contributed by atoms with van der Waals surface area (Å²) in [6, 6.07) is 3.89. The van der Waals surface area contributed by atoms with Crippen molar-refractivity contribution in [3.8, 4) is 5.75 Å². The molecule has 1 aromatic carbocycles. The van der Waals surface area contributed by atoms with Gasteiger partial charge >= 0.3 is 12.1 Å². The maximum atomic E-state index is 11.9. The number of halogens is 4. The fourth-order valence-corrected chi connectivity index (χ4v) is 1.44. The Morgan fingerprint density at radius 3 is 2.55 bits per heavy atom. The monoisotopic (exact) mass is 311 g/mol. The molecular formula is C11H9ClF3NO4. The SMILES string of the molecule is O=C(COc1c(Cl)cccc1C(=O)O)NCC(F)(F)F. The molecule has 0 saturated heterocycles. The molecule has 0 aliphatic rings. The van der Waals surface area contributed by atoms with E-state index in [0.29, 0.717) is 0 Å². The zero-order chi connectivity index (χ0) is 15.3. The van der Waals surface area contributed by atoms with Gasteiger partial charge in [0.15, 0.2) is 12.4 Å². The molecule has 110 valence electrons. The van der Waals surface area contributed by atoms with Crippen LogP contribution in [0.5, 0.6) is 5.75 Å². The lowest BCUT2D eigenvalue weighted by Gasteiger charge is -2.11.